The Labute approximate surface area is 206 Å². The quantitative estimate of drug-likeness (QED) is 0.534. The summed E-state index contributed by atoms with van der Waals surface area (Å²) in [6.07, 6.45) is -0.0176. The number of fused-ring (bicyclic) bond motifs is 3. The van der Waals surface area contributed by atoms with Crippen LogP contribution in [0.2, 0.25) is 5.02 Å². The summed E-state index contributed by atoms with van der Waals surface area (Å²) in [6.45, 7) is 0.407. The van der Waals surface area contributed by atoms with Crippen LogP contribution in [0.5, 0.6) is 0 Å². The fraction of sp³-hybridized carbons (Fsp3) is 0.154. The number of hydrogen-bond acceptors (Lipinski definition) is 5. The number of para-hydroxylation sites is 1. The van der Waals surface area contributed by atoms with E-state index in [0.29, 0.717) is 28.3 Å². The summed E-state index contributed by atoms with van der Waals surface area (Å²) in [5.74, 6) is 0.629. The Morgan fingerprint density at radius 1 is 1.00 bits per heavy atom. The monoisotopic (exact) mass is 488 g/mol. The number of hydrogen-bond donors (Lipinski definition) is 1. The van der Waals surface area contributed by atoms with Gasteiger partial charge in [-0.15, -0.1) is 0 Å². The lowest BCUT2D eigenvalue weighted by atomic mass is 10.1. The van der Waals surface area contributed by atoms with E-state index in [4.69, 9.17) is 16.6 Å². The van der Waals surface area contributed by atoms with E-state index in [1.165, 1.54) is 11.8 Å². The first-order chi connectivity index (χ1) is 16.6. The molecule has 3 aromatic rings. The largest absolute Gasteiger partial charge is 0.352 e. The molecule has 3 aromatic carbocycles. The topological polar surface area (TPSA) is 74.1 Å². The van der Waals surface area contributed by atoms with Crippen molar-refractivity contribution in [1.82, 2.24) is 10.2 Å². The van der Waals surface area contributed by atoms with E-state index in [1.54, 1.807) is 4.90 Å². The highest BCUT2D eigenvalue weighted by Crippen LogP contribution is 2.35. The summed E-state index contributed by atoms with van der Waals surface area (Å²) in [5, 5.41) is 4.09. The lowest BCUT2D eigenvalue weighted by molar-refractivity contribution is -0.128. The number of rotatable bonds is 6. The van der Waals surface area contributed by atoms with Gasteiger partial charge < -0.3 is 5.32 Å². The Hall–Kier alpha value is -3.42. The van der Waals surface area contributed by atoms with Gasteiger partial charge in [-0.2, -0.15) is 0 Å². The summed E-state index contributed by atoms with van der Waals surface area (Å²) in [7, 11) is 0. The summed E-state index contributed by atoms with van der Waals surface area (Å²) in [4.78, 5) is 36.9. The van der Waals surface area contributed by atoms with Crippen molar-refractivity contribution in [3.8, 4) is 0 Å². The van der Waals surface area contributed by atoms with Gasteiger partial charge in [0.05, 0.1) is 12.1 Å². The number of benzene rings is 3. The number of aliphatic imine (C=N–C) groups is 2. The van der Waals surface area contributed by atoms with Crippen molar-refractivity contribution in [3.63, 3.8) is 0 Å². The van der Waals surface area contributed by atoms with Gasteiger partial charge in [0.1, 0.15) is 11.9 Å². The molecule has 2 aliphatic rings. The number of nitrogens with zero attached hydrogens (tertiary/aromatic N) is 3. The van der Waals surface area contributed by atoms with E-state index in [2.05, 4.69) is 10.3 Å². The van der Waals surface area contributed by atoms with Gasteiger partial charge in [-0.25, -0.2) is 9.89 Å². The second kappa shape index (κ2) is 9.83. The van der Waals surface area contributed by atoms with Crippen LogP contribution in [-0.2, 0) is 21.9 Å². The van der Waals surface area contributed by atoms with Crippen LogP contribution in [0, 0.1) is 0 Å². The molecule has 0 spiro atoms. The molecule has 0 bridgehead atoms. The number of nitrogens with one attached hydrogen (secondary N) is 1. The van der Waals surface area contributed by atoms with E-state index in [1.807, 2.05) is 78.9 Å². The van der Waals surface area contributed by atoms with Crippen LogP contribution < -0.4 is 5.32 Å². The van der Waals surface area contributed by atoms with Crippen molar-refractivity contribution in [3.05, 3.63) is 101 Å². The Morgan fingerprint density at radius 3 is 2.56 bits per heavy atom. The third-order valence-corrected chi connectivity index (χ3v) is 6.93. The molecular weight excluding hydrogens is 468 g/mol. The van der Waals surface area contributed by atoms with Gasteiger partial charge in [-0.1, -0.05) is 84.0 Å². The van der Waals surface area contributed by atoms with Gasteiger partial charge in [-0.05, 0) is 29.3 Å². The molecule has 0 radical (unpaired) electrons. The number of carbonyl (C=O) groups is 2. The second-order valence-electron chi connectivity index (χ2n) is 7.90. The molecule has 0 fully saturated rings. The minimum atomic E-state index is -0.789. The molecular formula is C26H21ClN4O2S. The molecule has 34 heavy (non-hydrogen) atoms. The van der Waals surface area contributed by atoms with Crippen LogP contribution in [0.3, 0.4) is 0 Å². The molecule has 2 amide bonds. The van der Waals surface area contributed by atoms with Crippen molar-refractivity contribution in [2.45, 2.75) is 24.8 Å². The third-order valence-electron chi connectivity index (χ3n) is 5.57. The lowest BCUT2D eigenvalue weighted by Crippen LogP contribution is -2.42. The first-order valence-corrected chi connectivity index (χ1v) is 12.2. The zero-order valence-corrected chi connectivity index (χ0v) is 19.7. The summed E-state index contributed by atoms with van der Waals surface area (Å²) in [6, 6.07) is 24.1. The first kappa shape index (κ1) is 22.4. The maximum atomic E-state index is 13.4. The van der Waals surface area contributed by atoms with Crippen LogP contribution in [0.1, 0.15) is 23.1 Å². The Balaban J connectivity index is 1.34. The normalized spacial score (nSPS) is 16.4. The van der Waals surface area contributed by atoms with Crippen molar-refractivity contribution < 1.29 is 9.59 Å². The van der Waals surface area contributed by atoms with E-state index >= 15 is 0 Å². The van der Waals surface area contributed by atoms with Gasteiger partial charge in [0.25, 0.3) is 5.91 Å². The number of halogens is 1. The molecule has 170 valence electrons. The summed E-state index contributed by atoms with van der Waals surface area (Å²) in [5.41, 5.74) is 3.49. The van der Waals surface area contributed by atoms with E-state index in [9.17, 15) is 9.59 Å². The molecule has 1 atom stereocenters. The van der Waals surface area contributed by atoms with Crippen molar-refractivity contribution >= 4 is 51.9 Å². The zero-order valence-electron chi connectivity index (χ0n) is 18.1. The van der Waals surface area contributed by atoms with Crippen molar-refractivity contribution in [2.24, 2.45) is 9.98 Å². The first-order valence-electron chi connectivity index (χ1n) is 10.9. The van der Waals surface area contributed by atoms with Crippen molar-refractivity contribution in [1.29, 1.82) is 0 Å². The van der Waals surface area contributed by atoms with Gasteiger partial charge in [0, 0.05) is 22.9 Å². The van der Waals surface area contributed by atoms with Gasteiger partial charge in [0.15, 0.2) is 5.17 Å². The molecule has 0 aromatic heterocycles. The minimum absolute atomic E-state index is 0.0176. The molecule has 6 nitrogen and oxygen atoms in total. The molecule has 2 aliphatic heterocycles. The minimum Gasteiger partial charge on any atom is -0.352 e. The number of thioether (sulfide) groups is 1. The van der Waals surface area contributed by atoms with Gasteiger partial charge in [0.2, 0.25) is 5.91 Å². The zero-order chi connectivity index (χ0) is 23.5. The molecule has 0 saturated carbocycles. The highest BCUT2D eigenvalue weighted by molar-refractivity contribution is 8.13. The fourth-order valence-corrected chi connectivity index (χ4v) is 5.12. The van der Waals surface area contributed by atoms with Crippen LogP contribution >= 0.6 is 23.4 Å². The van der Waals surface area contributed by atoms with E-state index < -0.39 is 6.04 Å². The molecule has 0 unspecified atom stereocenters. The van der Waals surface area contributed by atoms with Crippen molar-refractivity contribution in [2.75, 3.05) is 0 Å². The van der Waals surface area contributed by atoms with E-state index in [-0.39, 0.29) is 18.2 Å². The number of carbonyl (C=O) groups excluding carboxylic acids is 2. The number of amidine groups is 2. The predicted molar refractivity (Wildman–Crippen MR) is 136 cm³/mol. The summed E-state index contributed by atoms with van der Waals surface area (Å²) < 4.78 is 0. The maximum absolute atomic E-state index is 13.4. The molecule has 5 rings (SSSR count). The van der Waals surface area contributed by atoms with Gasteiger partial charge in [-0.3, -0.25) is 14.6 Å². The number of amides is 2. The highest BCUT2D eigenvalue weighted by Gasteiger charge is 2.42. The Kier molecular flexibility index (Phi) is 6.47. The molecule has 8 heteroatoms. The predicted octanol–water partition coefficient (Wildman–Crippen LogP) is 4.94. The average Bonchev–Trinajstić information content (AvgIpc) is 3.19. The average molecular weight is 489 g/mol. The standard InChI is InChI=1S/C26H21ClN4O2S/c27-20-12-6-4-10-18(20)16-34-26-30-21-13-7-5-11-19(21)24-29-22(25(33)31(24)26)14-23(32)28-15-17-8-2-1-3-9-17/h1-13,22H,14-16H2,(H,28,32)/t22-/m1/s1. The highest BCUT2D eigenvalue weighted by atomic mass is 35.5. The molecule has 1 N–H and O–H groups in total. The van der Waals surface area contributed by atoms with Crippen LogP contribution in [0.4, 0.5) is 5.69 Å². The second-order valence-corrected chi connectivity index (χ2v) is 9.25. The smallest absolute Gasteiger partial charge is 0.259 e. The SMILES string of the molecule is O=C(C[C@H]1N=C2c3ccccc3N=C(SCc3ccccc3Cl)N2C1=O)NCc1ccccc1. The maximum Gasteiger partial charge on any atom is 0.259 e. The fourth-order valence-electron chi connectivity index (χ4n) is 3.83. The van der Waals surface area contributed by atoms with Crippen LogP contribution in [0.25, 0.3) is 0 Å². The lowest BCUT2D eigenvalue weighted by Gasteiger charge is -2.25. The Morgan fingerprint density at radius 2 is 1.74 bits per heavy atom. The molecule has 0 saturated heterocycles. The summed E-state index contributed by atoms with van der Waals surface area (Å²) >= 11 is 7.74. The van der Waals surface area contributed by atoms with Crippen LogP contribution in [-0.4, -0.2) is 33.8 Å². The Bertz CT molecular complexity index is 1310. The van der Waals surface area contributed by atoms with Gasteiger partial charge >= 0.3 is 0 Å². The third kappa shape index (κ3) is 4.62. The van der Waals surface area contributed by atoms with Crippen LogP contribution in [0.15, 0.2) is 88.8 Å². The molecule has 2 heterocycles. The molecule has 0 aliphatic carbocycles. The van der Waals surface area contributed by atoms with E-state index in [0.717, 1.165) is 22.4 Å².